The van der Waals surface area contributed by atoms with E-state index in [9.17, 15) is 14.4 Å². The molecule has 214 valence electrons. The molecule has 0 radical (unpaired) electrons. The highest BCUT2D eigenvalue weighted by Gasteiger charge is 2.29. The number of thioether (sulfide) groups is 1. The molecule has 0 saturated heterocycles. The van der Waals surface area contributed by atoms with Gasteiger partial charge in [-0.05, 0) is 62.1 Å². The standard InChI is InChI=1S/C29H31N5O4S3/c1-3-38-28(37)24-20-12-7-8-13-21(20)41-27(24)31-25(35)18(2)40-29-33-32-23(16-30-26(36)22-14-9-15-39-22)34(29)17-19-10-5-4-6-11-19/h4-6,9-11,14-15,18H,3,7-8,12-13,16-17H2,1-2H3,(H,30,36)(H,31,35)/t18-/m1/s1. The number of amides is 2. The van der Waals surface area contributed by atoms with E-state index in [4.69, 9.17) is 4.74 Å². The third-order valence-electron chi connectivity index (χ3n) is 6.67. The van der Waals surface area contributed by atoms with Crippen LogP contribution in [0.2, 0.25) is 0 Å². The monoisotopic (exact) mass is 609 g/mol. The van der Waals surface area contributed by atoms with Crippen molar-refractivity contribution in [3.05, 3.63) is 80.1 Å². The van der Waals surface area contributed by atoms with Crippen LogP contribution in [-0.2, 0) is 35.5 Å². The number of hydrogen-bond acceptors (Lipinski definition) is 9. The lowest BCUT2D eigenvalue weighted by Gasteiger charge is -2.15. The summed E-state index contributed by atoms with van der Waals surface area (Å²) in [5.41, 5.74) is 2.54. The smallest absolute Gasteiger partial charge is 0.341 e. The molecule has 5 rings (SSSR count). The first-order valence-electron chi connectivity index (χ1n) is 13.5. The van der Waals surface area contributed by atoms with E-state index in [0.29, 0.717) is 33.0 Å². The lowest BCUT2D eigenvalue weighted by Crippen LogP contribution is -2.25. The van der Waals surface area contributed by atoms with E-state index >= 15 is 0 Å². The lowest BCUT2D eigenvalue weighted by molar-refractivity contribution is -0.115. The van der Waals surface area contributed by atoms with Gasteiger partial charge in [-0.2, -0.15) is 0 Å². The van der Waals surface area contributed by atoms with Gasteiger partial charge < -0.3 is 19.9 Å². The minimum atomic E-state index is -0.531. The van der Waals surface area contributed by atoms with Crippen LogP contribution in [0, 0.1) is 0 Å². The summed E-state index contributed by atoms with van der Waals surface area (Å²) in [7, 11) is 0. The molecular weight excluding hydrogens is 579 g/mol. The number of anilines is 1. The summed E-state index contributed by atoms with van der Waals surface area (Å²) < 4.78 is 7.25. The van der Waals surface area contributed by atoms with Crippen LogP contribution >= 0.6 is 34.4 Å². The summed E-state index contributed by atoms with van der Waals surface area (Å²) in [6.07, 6.45) is 3.81. The second-order valence-corrected chi connectivity index (χ2v) is 12.9. The number of carbonyl (C=O) groups is 3. The molecule has 0 spiro atoms. The predicted octanol–water partition coefficient (Wildman–Crippen LogP) is 5.55. The largest absolute Gasteiger partial charge is 0.462 e. The van der Waals surface area contributed by atoms with E-state index in [2.05, 4.69) is 20.8 Å². The zero-order chi connectivity index (χ0) is 28.8. The molecule has 0 saturated carbocycles. The lowest BCUT2D eigenvalue weighted by atomic mass is 9.95. The Balaban J connectivity index is 1.33. The minimum absolute atomic E-state index is 0.174. The van der Waals surface area contributed by atoms with Crippen molar-refractivity contribution >= 4 is 57.2 Å². The molecule has 1 aromatic carbocycles. The van der Waals surface area contributed by atoms with Crippen molar-refractivity contribution in [1.29, 1.82) is 0 Å². The number of rotatable bonds is 11. The molecule has 1 atom stereocenters. The van der Waals surface area contributed by atoms with Gasteiger partial charge in [0.15, 0.2) is 11.0 Å². The van der Waals surface area contributed by atoms with Crippen molar-refractivity contribution in [2.24, 2.45) is 0 Å². The molecule has 9 nitrogen and oxygen atoms in total. The van der Waals surface area contributed by atoms with Gasteiger partial charge in [0.25, 0.3) is 5.91 Å². The fourth-order valence-electron chi connectivity index (χ4n) is 4.61. The van der Waals surface area contributed by atoms with Gasteiger partial charge in [-0.3, -0.25) is 9.59 Å². The Labute approximate surface area is 250 Å². The third kappa shape index (κ3) is 6.88. The van der Waals surface area contributed by atoms with Crippen LogP contribution in [0.25, 0.3) is 0 Å². The fraction of sp³-hybridized carbons (Fsp3) is 0.345. The summed E-state index contributed by atoms with van der Waals surface area (Å²) in [5, 5.41) is 17.1. The maximum Gasteiger partial charge on any atom is 0.341 e. The zero-order valence-electron chi connectivity index (χ0n) is 22.8. The Kier molecular flexibility index (Phi) is 9.53. The van der Waals surface area contributed by atoms with Gasteiger partial charge in [-0.1, -0.05) is 48.2 Å². The highest BCUT2D eigenvalue weighted by atomic mass is 32.2. The number of aromatic nitrogens is 3. The molecule has 3 aromatic heterocycles. The average Bonchev–Trinajstić information content (AvgIpc) is 3.72. The topological polar surface area (TPSA) is 115 Å². The molecular formula is C29H31N5O4S3. The van der Waals surface area contributed by atoms with Crippen molar-refractivity contribution in [3.63, 3.8) is 0 Å². The SMILES string of the molecule is CCOC(=O)c1c(NC(=O)[C@@H](C)Sc2nnc(CNC(=O)c3cccs3)n2Cc2ccccc2)sc2c1CCCC2. The van der Waals surface area contributed by atoms with E-state index in [0.717, 1.165) is 41.7 Å². The normalized spacial score (nSPS) is 13.3. The van der Waals surface area contributed by atoms with Gasteiger partial charge in [0.05, 0.1) is 35.4 Å². The van der Waals surface area contributed by atoms with Gasteiger partial charge in [-0.25, -0.2) is 4.79 Å². The third-order valence-corrected chi connectivity index (χ3v) is 9.82. The second kappa shape index (κ2) is 13.5. The number of benzene rings is 1. The summed E-state index contributed by atoms with van der Waals surface area (Å²) in [6, 6.07) is 13.5. The Bertz CT molecular complexity index is 1510. The molecule has 41 heavy (non-hydrogen) atoms. The van der Waals surface area contributed by atoms with Crippen molar-refractivity contribution in [2.75, 3.05) is 11.9 Å². The van der Waals surface area contributed by atoms with Gasteiger partial charge >= 0.3 is 5.97 Å². The summed E-state index contributed by atoms with van der Waals surface area (Å²) in [6.45, 7) is 4.54. The second-order valence-electron chi connectivity index (χ2n) is 9.52. The van der Waals surface area contributed by atoms with E-state index < -0.39 is 5.25 Å². The first-order chi connectivity index (χ1) is 19.9. The quantitative estimate of drug-likeness (QED) is 0.169. The average molecular weight is 610 g/mol. The molecule has 2 amide bonds. The number of hydrogen-bond donors (Lipinski definition) is 2. The van der Waals surface area contributed by atoms with Crippen LogP contribution in [0.1, 0.15) is 68.5 Å². The molecule has 0 aliphatic heterocycles. The Morgan fingerprint density at radius 1 is 1.10 bits per heavy atom. The summed E-state index contributed by atoms with van der Waals surface area (Å²) >= 11 is 4.13. The Morgan fingerprint density at radius 3 is 2.66 bits per heavy atom. The van der Waals surface area contributed by atoms with E-state index in [1.54, 1.807) is 19.9 Å². The van der Waals surface area contributed by atoms with Crippen molar-refractivity contribution in [3.8, 4) is 0 Å². The van der Waals surface area contributed by atoms with Crippen molar-refractivity contribution in [2.45, 2.75) is 63.0 Å². The highest BCUT2D eigenvalue weighted by molar-refractivity contribution is 8.00. The molecule has 12 heteroatoms. The molecule has 1 aliphatic rings. The molecule has 2 N–H and O–H groups in total. The van der Waals surface area contributed by atoms with E-state index in [-0.39, 0.29) is 30.9 Å². The molecule has 0 unspecified atom stereocenters. The molecule has 0 bridgehead atoms. The van der Waals surface area contributed by atoms with Crippen molar-refractivity contribution < 1.29 is 19.1 Å². The summed E-state index contributed by atoms with van der Waals surface area (Å²) in [5.74, 6) is -0.211. The number of esters is 1. The number of aryl methyl sites for hydroxylation is 1. The zero-order valence-corrected chi connectivity index (χ0v) is 25.3. The van der Waals surface area contributed by atoms with E-state index in [1.165, 1.54) is 34.4 Å². The summed E-state index contributed by atoms with van der Waals surface area (Å²) in [4.78, 5) is 40.5. The maximum absolute atomic E-state index is 13.4. The van der Waals surface area contributed by atoms with Crippen LogP contribution in [0.3, 0.4) is 0 Å². The number of nitrogens with one attached hydrogen (secondary N) is 2. The molecule has 1 aliphatic carbocycles. The fourth-order valence-corrected chi connectivity index (χ4v) is 7.40. The first kappa shape index (κ1) is 29.0. The Morgan fingerprint density at radius 2 is 1.90 bits per heavy atom. The predicted molar refractivity (Wildman–Crippen MR) is 162 cm³/mol. The Hall–Kier alpha value is -3.48. The van der Waals surface area contributed by atoms with Crippen LogP contribution < -0.4 is 10.6 Å². The van der Waals surface area contributed by atoms with Gasteiger partial charge in [-0.15, -0.1) is 32.9 Å². The molecule has 3 heterocycles. The highest BCUT2D eigenvalue weighted by Crippen LogP contribution is 2.39. The van der Waals surface area contributed by atoms with Crippen molar-refractivity contribution in [1.82, 2.24) is 20.1 Å². The number of fused-ring (bicyclic) bond motifs is 1. The number of carbonyl (C=O) groups excluding carboxylic acids is 3. The minimum Gasteiger partial charge on any atom is -0.462 e. The molecule has 4 aromatic rings. The van der Waals surface area contributed by atoms with Gasteiger partial charge in [0.2, 0.25) is 5.91 Å². The van der Waals surface area contributed by atoms with Crippen LogP contribution in [-0.4, -0.2) is 44.4 Å². The van der Waals surface area contributed by atoms with E-state index in [1.807, 2.05) is 46.3 Å². The number of nitrogens with zero attached hydrogens (tertiary/aromatic N) is 3. The van der Waals surface area contributed by atoms with Gasteiger partial charge in [0, 0.05) is 4.88 Å². The number of thiophene rings is 2. The van der Waals surface area contributed by atoms with Gasteiger partial charge in [0.1, 0.15) is 5.00 Å². The van der Waals surface area contributed by atoms with Crippen LogP contribution in [0.15, 0.2) is 53.0 Å². The van der Waals surface area contributed by atoms with Crippen LogP contribution in [0.5, 0.6) is 0 Å². The maximum atomic E-state index is 13.4. The first-order valence-corrected chi connectivity index (χ1v) is 16.1. The van der Waals surface area contributed by atoms with Crippen LogP contribution in [0.4, 0.5) is 5.00 Å². The molecule has 0 fully saturated rings. The number of ether oxygens (including phenoxy) is 1.